The molecule has 0 aromatic carbocycles. The van der Waals surface area contributed by atoms with Crippen molar-refractivity contribution in [3.8, 4) is 0 Å². The molecule has 0 radical (unpaired) electrons. The second-order valence-corrected chi connectivity index (χ2v) is 6.35. The predicted octanol–water partition coefficient (Wildman–Crippen LogP) is 6.98. The van der Waals surface area contributed by atoms with Crippen LogP contribution in [0.2, 0.25) is 0 Å². The van der Waals surface area contributed by atoms with Gasteiger partial charge in [0.15, 0.2) is 11.6 Å². The Morgan fingerprint density at radius 2 is 0.958 bits per heavy atom. The zero-order chi connectivity index (χ0) is 18.8. The van der Waals surface area contributed by atoms with Crippen LogP contribution in [0.5, 0.6) is 0 Å². The molecular weight excluding hydrogens is 296 g/mol. The van der Waals surface area contributed by atoms with E-state index in [4.69, 9.17) is 0 Å². The molecule has 0 aliphatic carbocycles. The normalized spacial score (nSPS) is 11.8. The summed E-state index contributed by atoms with van der Waals surface area (Å²) in [6.07, 6.45) is 14.2. The molecule has 2 nitrogen and oxygen atoms in total. The van der Waals surface area contributed by atoms with Crippen molar-refractivity contribution in [3.05, 3.63) is 23.3 Å². The van der Waals surface area contributed by atoms with Crippen LogP contribution in [0.1, 0.15) is 106 Å². The first-order valence-corrected chi connectivity index (χ1v) is 9.84. The van der Waals surface area contributed by atoms with Crippen LogP contribution in [0.15, 0.2) is 23.3 Å². The molecule has 0 aliphatic rings. The summed E-state index contributed by atoms with van der Waals surface area (Å²) in [5.41, 5.74) is 1.88. The lowest BCUT2D eigenvalue weighted by Gasteiger charge is -1.99. The minimum absolute atomic E-state index is 0.324. The number of rotatable bonds is 12. The molecule has 0 amide bonds. The Bertz CT molecular complexity index is 351. The van der Waals surface area contributed by atoms with E-state index in [1.165, 1.54) is 25.7 Å². The third kappa shape index (κ3) is 15.7. The maximum absolute atomic E-state index is 11.3. The standard InChI is InChI=1S/2C11H20O/c2*1-4-6-7-9-11(12)10(3)8-5-2/h2*8H,4-7,9H2,1-3H3/b2*10-8+. The van der Waals surface area contributed by atoms with Gasteiger partial charge in [-0.05, 0) is 50.7 Å². The van der Waals surface area contributed by atoms with Crippen molar-refractivity contribution in [2.75, 3.05) is 0 Å². The van der Waals surface area contributed by atoms with Crippen LogP contribution in [-0.4, -0.2) is 11.6 Å². The summed E-state index contributed by atoms with van der Waals surface area (Å²) in [5.74, 6) is 0.649. The number of allylic oxidation sites excluding steroid dienone is 4. The highest BCUT2D eigenvalue weighted by molar-refractivity contribution is 5.95. The molecule has 0 saturated heterocycles. The van der Waals surface area contributed by atoms with Gasteiger partial charge in [-0.2, -0.15) is 0 Å². The molecule has 0 heterocycles. The average Bonchev–Trinajstić information content (AvgIpc) is 2.56. The van der Waals surface area contributed by atoms with Crippen molar-refractivity contribution in [3.63, 3.8) is 0 Å². The number of unbranched alkanes of at least 4 members (excludes halogenated alkanes) is 4. The van der Waals surface area contributed by atoms with Crippen molar-refractivity contribution >= 4 is 11.6 Å². The molecule has 0 fully saturated rings. The Hall–Kier alpha value is -1.18. The van der Waals surface area contributed by atoms with Gasteiger partial charge in [0.05, 0.1) is 0 Å². The molecule has 2 heteroatoms. The lowest BCUT2D eigenvalue weighted by molar-refractivity contribution is -0.116. The summed E-state index contributed by atoms with van der Waals surface area (Å²) in [6.45, 7) is 12.2. The van der Waals surface area contributed by atoms with E-state index in [0.29, 0.717) is 11.6 Å². The molecule has 0 N–H and O–H groups in total. The first-order chi connectivity index (χ1) is 11.4. The van der Waals surface area contributed by atoms with Gasteiger partial charge in [0.25, 0.3) is 0 Å². The molecule has 0 saturated carbocycles. The number of hydrogen-bond donors (Lipinski definition) is 0. The van der Waals surface area contributed by atoms with Gasteiger partial charge < -0.3 is 0 Å². The van der Waals surface area contributed by atoms with Crippen molar-refractivity contribution in [2.45, 2.75) is 106 Å². The third-order valence-corrected chi connectivity index (χ3v) is 3.92. The summed E-state index contributed by atoms with van der Waals surface area (Å²) in [5, 5.41) is 0. The second kappa shape index (κ2) is 18.2. The highest BCUT2D eigenvalue weighted by atomic mass is 16.1. The van der Waals surface area contributed by atoms with E-state index >= 15 is 0 Å². The predicted molar refractivity (Wildman–Crippen MR) is 106 cm³/mol. The topological polar surface area (TPSA) is 34.1 Å². The Balaban J connectivity index is 0. The van der Waals surface area contributed by atoms with Gasteiger partial charge in [0.1, 0.15) is 0 Å². The Labute approximate surface area is 150 Å². The number of carbonyl (C=O) groups excluding carboxylic acids is 2. The number of carbonyl (C=O) groups is 2. The molecule has 0 bridgehead atoms. The highest BCUT2D eigenvalue weighted by Crippen LogP contribution is 2.07. The molecule has 0 aromatic rings. The average molecular weight is 337 g/mol. The van der Waals surface area contributed by atoms with Gasteiger partial charge in [-0.3, -0.25) is 9.59 Å². The van der Waals surface area contributed by atoms with Crippen LogP contribution in [0.25, 0.3) is 0 Å². The van der Waals surface area contributed by atoms with Gasteiger partial charge in [0, 0.05) is 12.8 Å². The Morgan fingerprint density at radius 3 is 1.21 bits per heavy atom. The smallest absolute Gasteiger partial charge is 0.158 e. The van der Waals surface area contributed by atoms with Crippen molar-refractivity contribution in [1.29, 1.82) is 0 Å². The molecule has 0 atom stereocenters. The van der Waals surface area contributed by atoms with E-state index in [1.54, 1.807) is 0 Å². The fourth-order valence-electron chi connectivity index (χ4n) is 2.31. The van der Waals surface area contributed by atoms with Gasteiger partial charge in [-0.15, -0.1) is 0 Å². The van der Waals surface area contributed by atoms with E-state index in [9.17, 15) is 9.59 Å². The van der Waals surface area contributed by atoms with Gasteiger partial charge >= 0.3 is 0 Å². The van der Waals surface area contributed by atoms with E-state index in [0.717, 1.165) is 49.7 Å². The van der Waals surface area contributed by atoms with Gasteiger partial charge in [-0.25, -0.2) is 0 Å². The molecular formula is C22H40O2. The molecule has 24 heavy (non-hydrogen) atoms. The van der Waals surface area contributed by atoms with Crippen LogP contribution in [-0.2, 0) is 9.59 Å². The maximum Gasteiger partial charge on any atom is 0.158 e. The molecule has 0 spiro atoms. The van der Waals surface area contributed by atoms with Gasteiger partial charge in [0.2, 0.25) is 0 Å². The third-order valence-electron chi connectivity index (χ3n) is 3.92. The van der Waals surface area contributed by atoms with Crippen LogP contribution in [0.3, 0.4) is 0 Å². The fourth-order valence-corrected chi connectivity index (χ4v) is 2.31. The minimum atomic E-state index is 0.324. The van der Waals surface area contributed by atoms with Crippen molar-refractivity contribution < 1.29 is 9.59 Å². The number of Topliss-reactive ketones (excluding diaryl/α,β-unsaturated/α-hetero) is 2. The van der Waals surface area contributed by atoms with E-state index in [1.807, 2.05) is 26.0 Å². The fraction of sp³-hybridized carbons (Fsp3) is 0.727. The van der Waals surface area contributed by atoms with Crippen molar-refractivity contribution in [1.82, 2.24) is 0 Å². The monoisotopic (exact) mass is 336 g/mol. The van der Waals surface area contributed by atoms with Crippen molar-refractivity contribution in [2.24, 2.45) is 0 Å². The Kier molecular flexibility index (Phi) is 19.0. The number of hydrogen-bond acceptors (Lipinski definition) is 2. The number of ketones is 2. The zero-order valence-electron chi connectivity index (χ0n) is 17.0. The highest BCUT2D eigenvalue weighted by Gasteiger charge is 2.02. The second-order valence-electron chi connectivity index (χ2n) is 6.35. The molecule has 140 valence electrons. The largest absolute Gasteiger partial charge is 0.295 e. The quantitative estimate of drug-likeness (QED) is 0.284. The van der Waals surface area contributed by atoms with Crippen LogP contribution in [0.4, 0.5) is 0 Å². The first-order valence-electron chi connectivity index (χ1n) is 9.84. The van der Waals surface area contributed by atoms with Crippen LogP contribution < -0.4 is 0 Å². The van der Waals surface area contributed by atoms with Crippen LogP contribution in [0, 0.1) is 0 Å². The van der Waals surface area contributed by atoms with Crippen LogP contribution >= 0.6 is 0 Å². The lowest BCUT2D eigenvalue weighted by atomic mass is 10.1. The first kappa shape index (κ1) is 25.1. The minimum Gasteiger partial charge on any atom is -0.295 e. The summed E-state index contributed by atoms with van der Waals surface area (Å²) in [7, 11) is 0. The Morgan fingerprint density at radius 1 is 0.625 bits per heavy atom. The summed E-state index contributed by atoms with van der Waals surface area (Å²) in [6, 6.07) is 0. The SMILES string of the molecule is CC/C=C(\C)C(=O)CCCCC.CC/C=C(\C)C(=O)CCCCC. The summed E-state index contributed by atoms with van der Waals surface area (Å²) < 4.78 is 0. The van der Waals surface area contributed by atoms with E-state index < -0.39 is 0 Å². The molecule has 0 aliphatic heterocycles. The summed E-state index contributed by atoms with van der Waals surface area (Å²) >= 11 is 0. The van der Waals surface area contributed by atoms with E-state index in [-0.39, 0.29) is 0 Å². The summed E-state index contributed by atoms with van der Waals surface area (Å²) in [4.78, 5) is 22.7. The zero-order valence-corrected chi connectivity index (χ0v) is 17.0. The van der Waals surface area contributed by atoms with E-state index in [2.05, 4.69) is 27.7 Å². The molecule has 0 aromatic heterocycles. The molecule has 0 unspecified atom stereocenters. The van der Waals surface area contributed by atoms with Gasteiger partial charge in [-0.1, -0.05) is 65.5 Å². The maximum atomic E-state index is 11.3. The lowest BCUT2D eigenvalue weighted by Crippen LogP contribution is -1.98. The molecule has 0 rings (SSSR count).